The zero-order valence-corrected chi connectivity index (χ0v) is 8.98. The normalized spacial score (nSPS) is 22.4. The molecule has 1 fully saturated rings. The quantitative estimate of drug-likeness (QED) is 0.692. The Balaban J connectivity index is 1.96. The van der Waals surface area contributed by atoms with Crippen LogP contribution in [0.25, 0.3) is 0 Å². The third kappa shape index (κ3) is 3.15. The fourth-order valence-corrected chi connectivity index (χ4v) is 2.31. The first-order valence-electron chi connectivity index (χ1n) is 5.75. The molecule has 0 spiro atoms. The summed E-state index contributed by atoms with van der Waals surface area (Å²) in [5, 5.41) is 0. The molecule has 0 N–H and O–H groups in total. The maximum atomic E-state index is 11.5. The number of pyridine rings is 1. The number of rotatable bonds is 2. The van der Waals surface area contributed by atoms with Crippen molar-refractivity contribution in [3.63, 3.8) is 0 Å². The number of nitrogens with zero attached hydrogens (tertiary/aromatic N) is 1. The van der Waals surface area contributed by atoms with Gasteiger partial charge < -0.3 is 0 Å². The van der Waals surface area contributed by atoms with E-state index >= 15 is 0 Å². The minimum absolute atomic E-state index is 0.446. The van der Waals surface area contributed by atoms with Crippen LogP contribution in [0.3, 0.4) is 0 Å². The molecule has 15 heavy (non-hydrogen) atoms. The summed E-state index contributed by atoms with van der Waals surface area (Å²) in [5.74, 6) is 0.991. The van der Waals surface area contributed by atoms with Crippen LogP contribution >= 0.6 is 0 Å². The predicted molar refractivity (Wildman–Crippen MR) is 59.5 cm³/mol. The lowest BCUT2D eigenvalue weighted by Gasteiger charge is -2.12. The number of ketones is 1. The first-order valence-corrected chi connectivity index (χ1v) is 5.75. The van der Waals surface area contributed by atoms with Crippen molar-refractivity contribution < 1.29 is 4.79 Å². The second kappa shape index (κ2) is 5.06. The van der Waals surface area contributed by atoms with E-state index in [0.717, 1.165) is 25.7 Å². The number of hydrogen-bond acceptors (Lipinski definition) is 2. The molecule has 2 nitrogen and oxygen atoms in total. The van der Waals surface area contributed by atoms with Crippen LogP contribution < -0.4 is 0 Å². The molecule has 2 rings (SSSR count). The summed E-state index contributed by atoms with van der Waals surface area (Å²) < 4.78 is 0. The molecule has 0 saturated heterocycles. The molecule has 1 atom stereocenters. The van der Waals surface area contributed by atoms with Crippen LogP contribution in [0.2, 0.25) is 0 Å². The largest absolute Gasteiger partial charge is 0.300 e. The Labute approximate surface area is 90.7 Å². The van der Waals surface area contributed by atoms with Gasteiger partial charge in [0.25, 0.3) is 0 Å². The van der Waals surface area contributed by atoms with Crippen molar-refractivity contribution in [2.24, 2.45) is 5.92 Å². The van der Waals surface area contributed by atoms with Crippen molar-refractivity contribution in [2.75, 3.05) is 0 Å². The predicted octanol–water partition coefficient (Wildman–Crippen LogP) is 2.77. The first-order chi connectivity index (χ1) is 7.34. The molecule has 2 heteroatoms. The lowest BCUT2D eigenvalue weighted by molar-refractivity contribution is -0.119. The van der Waals surface area contributed by atoms with Crippen molar-refractivity contribution in [3.8, 4) is 0 Å². The van der Waals surface area contributed by atoms with E-state index in [1.807, 2.05) is 12.3 Å². The third-order valence-electron chi connectivity index (χ3n) is 3.08. The van der Waals surface area contributed by atoms with Gasteiger partial charge in [0, 0.05) is 25.2 Å². The van der Waals surface area contributed by atoms with E-state index in [2.05, 4.69) is 11.1 Å². The van der Waals surface area contributed by atoms with Crippen LogP contribution in [-0.4, -0.2) is 10.8 Å². The Kier molecular flexibility index (Phi) is 3.49. The van der Waals surface area contributed by atoms with Crippen molar-refractivity contribution >= 4 is 5.78 Å². The van der Waals surface area contributed by atoms with Crippen molar-refractivity contribution in [1.29, 1.82) is 0 Å². The molecule has 0 aromatic carbocycles. The highest BCUT2D eigenvalue weighted by atomic mass is 16.1. The number of Topliss-reactive ketones (excluding diaryl/α,β-unsaturated/α-hetero) is 1. The van der Waals surface area contributed by atoms with Gasteiger partial charge in [-0.3, -0.25) is 9.78 Å². The van der Waals surface area contributed by atoms with E-state index in [9.17, 15) is 4.79 Å². The fraction of sp³-hybridized carbons (Fsp3) is 0.538. The SMILES string of the molecule is O=C1CCCCC(Cc2cccnc2)C1. The molecule has 1 aliphatic carbocycles. The van der Waals surface area contributed by atoms with Crippen LogP contribution in [0, 0.1) is 5.92 Å². The molecule has 0 bridgehead atoms. The average Bonchev–Trinajstić information content (AvgIpc) is 2.44. The van der Waals surface area contributed by atoms with Gasteiger partial charge in [0.2, 0.25) is 0 Å². The van der Waals surface area contributed by atoms with Gasteiger partial charge in [-0.15, -0.1) is 0 Å². The topological polar surface area (TPSA) is 30.0 Å². The summed E-state index contributed by atoms with van der Waals surface area (Å²) in [6.45, 7) is 0. The standard InChI is InChI=1S/C13H17NO/c15-13-6-2-1-4-11(9-13)8-12-5-3-7-14-10-12/h3,5,7,10-11H,1-2,4,6,8-9H2. The highest BCUT2D eigenvalue weighted by Crippen LogP contribution is 2.23. The van der Waals surface area contributed by atoms with Crippen LogP contribution in [0.15, 0.2) is 24.5 Å². The van der Waals surface area contributed by atoms with Gasteiger partial charge in [-0.25, -0.2) is 0 Å². The van der Waals surface area contributed by atoms with Crippen LogP contribution in [0.1, 0.15) is 37.7 Å². The van der Waals surface area contributed by atoms with Gasteiger partial charge in [0.15, 0.2) is 0 Å². The molecule has 1 aromatic heterocycles. The summed E-state index contributed by atoms with van der Waals surface area (Å²) in [4.78, 5) is 15.6. The van der Waals surface area contributed by atoms with E-state index < -0.39 is 0 Å². The number of aromatic nitrogens is 1. The zero-order valence-electron chi connectivity index (χ0n) is 8.98. The van der Waals surface area contributed by atoms with Crippen molar-refractivity contribution in [3.05, 3.63) is 30.1 Å². The molecule has 1 unspecified atom stereocenters. The Morgan fingerprint density at radius 2 is 2.33 bits per heavy atom. The maximum absolute atomic E-state index is 11.5. The lowest BCUT2D eigenvalue weighted by atomic mass is 9.93. The van der Waals surface area contributed by atoms with Gasteiger partial charge >= 0.3 is 0 Å². The second-order valence-electron chi connectivity index (χ2n) is 4.42. The van der Waals surface area contributed by atoms with E-state index in [-0.39, 0.29) is 0 Å². The zero-order chi connectivity index (χ0) is 10.5. The molecule has 0 aliphatic heterocycles. The Morgan fingerprint density at radius 3 is 3.13 bits per heavy atom. The van der Waals surface area contributed by atoms with Gasteiger partial charge in [-0.1, -0.05) is 12.5 Å². The molecule has 1 heterocycles. The maximum Gasteiger partial charge on any atom is 0.133 e. The molecule has 80 valence electrons. The van der Waals surface area contributed by atoms with Gasteiger partial charge in [0.05, 0.1) is 0 Å². The van der Waals surface area contributed by atoms with E-state index in [1.54, 1.807) is 6.20 Å². The summed E-state index contributed by atoms with van der Waals surface area (Å²) in [6, 6.07) is 4.07. The number of carbonyl (C=O) groups is 1. The molecular weight excluding hydrogens is 186 g/mol. The monoisotopic (exact) mass is 203 g/mol. The fourth-order valence-electron chi connectivity index (χ4n) is 2.31. The lowest BCUT2D eigenvalue weighted by Crippen LogP contribution is -2.08. The van der Waals surface area contributed by atoms with Crippen molar-refractivity contribution in [2.45, 2.75) is 38.5 Å². The second-order valence-corrected chi connectivity index (χ2v) is 4.42. The minimum atomic E-state index is 0.446. The first kappa shape index (κ1) is 10.3. The number of hydrogen-bond donors (Lipinski definition) is 0. The van der Waals surface area contributed by atoms with Gasteiger partial charge in [0.1, 0.15) is 5.78 Å². The van der Waals surface area contributed by atoms with Gasteiger partial charge in [-0.05, 0) is 36.8 Å². The average molecular weight is 203 g/mol. The smallest absolute Gasteiger partial charge is 0.133 e. The molecule has 1 aliphatic rings. The third-order valence-corrected chi connectivity index (χ3v) is 3.08. The molecule has 0 amide bonds. The summed E-state index contributed by atoms with van der Waals surface area (Å²) in [6.07, 6.45) is 9.77. The Hall–Kier alpha value is -1.18. The van der Waals surface area contributed by atoms with Crippen LogP contribution in [-0.2, 0) is 11.2 Å². The Bertz CT molecular complexity index is 321. The summed E-state index contributed by atoms with van der Waals surface area (Å²) >= 11 is 0. The van der Waals surface area contributed by atoms with Crippen molar-refractivity contribution in [1.82, 2.24) is 4.98 Å². The summed E-state index contributed by atoms with van der Waals surface area (Å²) in [5.41, 5.74) is 1.26. The van der Waals surface area contributed by atoms with E-state index in [1.165, 1.54) is 18.4 Å². The van der Waals surface area contributed by atoms with Crippen LogP contribution in [0.5, 0.6) is 0 Å². The molecular formula is C13H17NO. The van der Waals surface area contributed by atoms with E-state index in [4.69, 9.17) is 0 Å². The number of carbonyl (C=O) groups excluding carboxylic acids is 1. The highest BCUT2D eigenvalue weighted by molar-refractivity contribution is 5.78. The molecule has 0 radical (unpaired) electrons. The minimum Gasteiger partial charge on any atom is -0.300 e. The van der Waals surface area contributed by atoms with Crippen LogP contribution in [0.4, 0.5) is 0 Å². The Morgan fingerprint density at radius 1 is 1.40 bits per heavy atom. The molecule has 1 aromatic rings. The summed E-state index contributed by atoms with van der Waals surface area (Å²) in [7, 11) is 0. The molecule has 1 saturated carbocycles. The van der Waals surface area contributed by atoms with Gasteiger partial charge in [-0.2, -0.15) is 0 Å². The van der Waals surface area contributed by atoms with E-state index in [0.29, 0.717) is 11.7 Å². The highest BCUT2D eigenvalue weighted by Gasteiger charge is 2.17.